The Bertz CT molecular complexity index is 412. The molecule has 2 nitrogen and oxygen atoms in total. The molecule has 22 heavy (non-hydrogen) atoms. The summed E-state index contributed by atoms with van der Waals surface area (Å²) in [5.41, 5.74) is 0.307. The molecular weight excluding hydrogens is 272 g/mol. The van der Waals surface area contributed by atoms with Gasteiger partial charge in [0.2, 0.25) is 0 Å². The molecule has 3 aliphatic rings. The molecule has 0 aromatic heterocycles. The Morgan fingerprint density at radius 3 is 2.09 bits per heavy atom. The summed E-state index contributed by atoms with van der Waals surface area (Å²) >= 11 is 0. The molecule has 128 valence electrons. The van der Waals surface area contributed by atoms with E-state index in [1.54, 1.807) is 0 Å². The highest BCUT2D eigenvalue weighted by Gasteiger charge is 2.61. The molecule has 3 rings (SSSR count). The minimum absolute atomic E-state index is 0.0255. The van der Waals surface area contributed by atoms with Crippen molar-refractivity contribution in [3.05, 3.63) is 0 Å². The molecule has 0 spiro atoms. The molecule has 0 radical (unpaired) electrons. The molecule has 0 aromatic carbocycles. The zero-order chi connectivity index (χ0) is 16.7. The van der Waals surface area contributed by atoms with E-state index in [9.17, 15) is 9.90 Å². The number of aliphatic hydroxyl groups excluding tert-OH is 1. The second-order valence-corrected chi connectivity index (χ2v) is 9.31. The van der Waals surface area contributed by atoms with Crippen molar-refractivity contribution >= 4 is 5.78 Å². The zero-order valence-electron chi connectivity index (χ0n) is 15.5. The predicted molar refractivity (Wildman–Crippen MR) is 91.6 cm³/mol. The van der Waals surface area contributed by atoms with Crippen LogP contribution < -0.4 is 0 Å². The summed E-state index contributed by atoms with van der Waals surface area (Å²) < 4.78 is 0. The second-order valence-electron chi connectivity index (χ2n) is 9.31. The van der Waals surface area contributed by atoms with Crippen LogP contribution in [0.2, 0.25) is 0 Å². The van der Waals surface area contributed by atoms with Crippen LogP contribution in [0.3, 0.4) is 0 Å². The minimum atomic E-state index is -0.0289. The van der Waals surface area contributed by atoms with Gasteiger partial charge in [-0.2, -0.15) is 0 Å². The summed E-state index contributed by atoms with van der Waals surface area (Å²) in [5.74, 6) is 3.14. The molecule has 0 amide bonds. The highest BCUT2D eigenvalue weighted by atomic mass is 16.3. The summed E-state index contributed by atoms with van der Waals surface area (Å²) in [5, 5.41) is 9.71. The lowest BCUT2D eigenvalue weighted by Gasteiger charge is -2.33. The number of hydrogen-bond donors (Lipinski definition) is 1. The molecule has 5 atom stereocenters. The fourth-order valence-electron chi connectivity index (χ4n) is 5.05. The van der Waals surface area contributed by atoms with E-state index < -0.39 is 0 Å². The molecule has 0 saturated heterocycles. The van der Waals surface area contributed by atoms with Crippen molar-refractivity contribution in [3.8, 4) is 0 Å². The molecule has 3 saturated carbocycles. The van der Waals surface area contributed by atoms with Crippen molar-refractivity contribution in [2.75, 3.05) is 0 Å². The fourth-order valence-corrected chi connectivity index (χ4v) is 5.05. The Kier molecular flexibility index (Phi) is 5.12. The van der Waals surface area contributed by atoms with Gasteiger partial charge in [-0.15, -0.1) is 0 Å². The standard InChI is InChI=1S/C10H16O.C10H20O/c1-9(2)7-4-5-10(9,3)8(11)6-7;1-7(2)9-5-4-8(3)6-10(9)11/h7H,4-6H2,1-3H3;7-11H,4-6H2,1-3H3/t7-,10+;8-,9+,10-/m01/s1. The van der Waals surface area contributed by atoms with Gasteiger partial charge >= 0.3 is 0 Å². The summed E-state index contributed by atoms with van der Waals surface area (Å²) in [4.78, 5) is 11.6. The topological polar surface area (TPSA) is 37.3 Å². The average molecular weight is 309 g/mol. The summed E-state index contributed by atoms with van der Waals surface area (Å²) in [6.45, 7) is 13.3. The highest BCUT2D eigenvalue weighted by molar-refractivity contribution is 5.89. The van der Waals surface area contributed by atoms with E-state index in [2.05, 4.69) is 41.5 Å². The van der Waals surface area contributed by atoms with Crippen molar-refractivity contribution in [1.82, 2.24) is 0 Å². The van der Waals surface area contributed by atoms with Crippen molar-refractivity contribution in [2.45, 2.75) is 86.2 Å². The van der Waals surface area contributed by atoms with E-state index in [-0.39, 0.29) is 16.9 Å². The van der Waals surface area contributed by atoms with Gasteiger partial charge in [0.25, 0.3) is 0 Å². The lowest BCUT2D eigenvalue weighted by molar-refractivity contribution is -0.128. The number of aliphatic hydroxyl groups is 1. The van der Waals surface area contributed by atoms with Crippen LogP contribution in [-0.4, -0.2) is 17.0 Å². The summed E-state index contributed by atoms with van der Waals surface area (Å²) in [6, 6.07) is 0. The van der Waals surface area contributed by atoms with Crippen LogP contribution in [0.4, 0.5) is 0 Å². The molecule has 1 N–H and O–H groups in total. The minimum Gasteiger partial charge on any atom is -0.393 e. The van der Waals surface area contributed by atoms with Crippen LogP contribution in [0.15, 0.2) is 0 Å². The molecule has 2 bridgehead atoms. The first-order valence-electron chi connectivity index (χ1n) is 9.31. The van der Waals surface area contributed by atoms with E-state index in [4.69, 9.17) is 0 Å². The number of Topliss-reactive ketones (excluding diaryl/α,β-unsaturated/α-hetero) is 1. The predicted octanol–water partition coefficient (Wildman–Crippen LogP) is 4.84. The second kappa shape index (κ2) is 6.26. The molecule has 0 aromatic rings. The smallest absolute Gasteiger partial charge is 0.139 e. The molecular formula is C20H36O2. The van der Waals surface area contributed by atoms with Gasteiger partial charge < -0.3 is 5.11 Å². The van der Waals surface area contributed by atoms with Crippen molar-refractivity contribution < 1.29 is 9.90 Å². The molecule has 0 aliphatic heterocycles. The first kappa shape index (κ1) is 18.0. The van der Waals surface area contributed by atoms with Crippen LogP contribution in [0.25, 0.3) is 0 Å². The van der Waals surface area contributed by atoms with Crippen LogP contribution in [0.5, 0.6) is 0 Å². The third-order valence-electron chi connectivity index (χ3n) is 7.47. The van der Waals surface area contributed by atoms with Gasteiger partial charge in [0.1, 0.15) is 5.78 Å². The normalized spacial score (nSPS) is 43.2. The first-order chi connectivity index (χ1) is 10.1. The van der Waals surface area contributed by atoms with Crippen LogP contribution >= 0.6 is 0 Å². The molecule has 2 heteroatoms. The van der Waals surface area contributed by atoms with Gasteiger partial charge in [0.15, 0.2) is 0 Å². The average Bonchev–Trinajstić information content (AvgIpc) is 2.72. The van der Waals surface area contributed by atoms with Crippen molar-refractivity contribution in [2.24, 2.45) is 34.5 Å². The van der Waals surface area contributed by atoms with E-state index >= 15 is 0 Å². The van der Waals surface area contributed by atoms with Crippen LogP contribution in [-0.2, 0) is 4.79 Å². The van der Waals surface area contributed by atoms with E-state index in [0.717, 1.165) is 25.2 Å². The van der Waals surface area contributed by atoms with Crippen molar-refractivity contribution in [3.63, 3.8) is 0 Å². The highest BCUT2D eigenvalue weighted by Crippen LogP contribution is 2.63. The van der Waals surface area contributed by atoms with Gasteiger partial charge in [-0.3, -0.25) is 4.79 Å². The molecule has 0 unspecified atom stereocenters. The van der Waals surface area contributed by atoms with Gasteiger partial charge in [-0.1, -0.05) is 48.0 Å². The van der Waals surface area contributed by atoms with E-state index in [0.29, 0.717) is 23.5 Å². The Morgan fingerprint density at radius 2 is 1.77 bits per heavy atom. The number of carbonyl (C=O) groups excluding carboxylic acids is 1. The number of rotatable bonds is 1. The Morgan fingerprint density at radius 1 is 1.14 bits per heavy atom. The third-order valence-corrected chi connectivity index (χ3v) is 7.47. The maximum Gasteiger partial charge on any atom is 0.139 e. The SMILES string of the molecule is CC(C)[C@@H]1CC[C@@H](C)C[C@H]1O.CC1(C)[C@H]2CC[C@]1(C)C(=O)C2. The Labute approximate surface area is 137 Å². The van der Waals surface area contributed by atoms with Gasteiger partial charge in [-0.05, 0) is 54.8 Å². The Hall–Kier alpha value is -0.370. The molecule has 0 heterocycles. The van der Waals surface area contributed by atoms with Crippen molar-refractivity contribution in [1.29, 1.82) is 0 Å². The third kappa shape index (κ3) is 3.00. The van der Waals surface area contributed by atoms with Crippen LogP contribution in [0, 0.1) is 34.5 Å². The largest absolute Gasteiger partial charge is 0.393 e. The quantitative estimate of drug-likeness (QED) is 0.752. The van der Waals surface area contributed by atoms with Gasteiger partial charge in [-0.25, -0.2) is 0 Å². The monoisotopic (exact) mass is 308 g/mol. The summed E-state index contributed by atoms with van der Waals surface area (Å²) in [6.07, 6.45) is 6.77. The zero-order valence-corrected chi connectivity index (χ0v) is 15.5. The van der Waals surface area contributed by atoms with E-state index in [1.165, 1.54) is 19.3 Å². The number of ketones is 1. The number of fused-ring (bicyclic) bond motifs is 2. The molecule has 3 fully saturated rings. The number of hydrogen-bond acceptors (Lipinski definition) is 2. The maximum atomic E-state index is 11.6. The van der Waals surface area contributed by atoms with E-state index in [1.807, 2.05) is 0 Å². The van der Waals surface area contributed by atoms with Crippen LogP contribution in [0.1, 0.15) is 80.1 Å². The number of carbonyl (C=O) groups is 1. The summed E-state index contributed by atoms with van der Waals surface area (Å²) in [7, 11) is 0. The lowest BCUT2D eigenvalue weighted by Crippen LogP contribution is -2.32. The van der Waals surface area contributed by atoms with Gasteiger partial charge in [0, 0.05) is 11.8 Å². The fraction of sp³-hybridized carbons (Fsp3) is 0.950. The molecule has 3 aliphatic carbocycles. The lowest BCUT2D eigenvalue weighted by atomic mass is 9.70. The van der Waals surface area contributed by atoms with Gasteiger partial charge in [0.05, 0.1) is 6.10 Å². The first-order valence-corrected chi connectivity index (χ1v) is 9.31. The maximum absolute atomic E-state index is 11.6. The Balaban J connectivity index is 0.000000160.